The maximum Gasteiger partial charge on any atom is 0.130 e. The van der Waals surface area contributed by atoms with E-state index >= 15 is 0 Å². The normalized spacial score (nSPS) is 2.46. The first-order chi connectivity index (χ1) is 5.66. The average molecular weight is 275 g/mol. The van der Waals surface area contributed by atoms with Crippen molar-refractivity contribution in [2.45, 2.75) is 0 Å². The summed E-state index contributed by atoms with van der Waals surface area (Å²) in [7, 11) is 0. The van der Waals surface area contributed by atoms with Crippen molar-refractivity contribution in [3.05, 3.63) is 0 Å². The summed E-state index contributed by atoms with van der Waals surface area (Å²) in [6, 6.07) is 0. The Balaban J connectivity index is -0.0000000213. The molecule has 0 N–H and O–H groups in total. The first-order valence-electron chi connectivity index (χ1n) is 1.79. The Labute approximate surface area is 142 Å². The predicted molar refractivity (Wildman–Crippen MR) is 64.2 cm³/mol. The minimum Gasteiger partial charge on any atom is -0.185 e. The maximum atomic E-state index is 7.18. The van der Waals surface area contributed by atoms with Crippen LogP contribution < -0.4 is 0 Å². The van der Waals surface area contributed by atoms with Crippen LogP contribution in [0.4, 0.5) is 0 Å². The Morgan fingerprint density at radius 2 is 0.538 bits per heavy atom. The Morgan fingerprint density at radius 3 is 0.538 bits per heavy atom. The van der Waals surface area contributed by atoms with Crippen LogP contribution in [0.15, 0.2) is 0 Å². The molecule has 13 heavy (non-hydrogen) atoms. The molecular weight excluding hydrogens is 271 g/mol. The molecule has 9 heteroatoms. The second-order valence-corrected chi connectivity index (χ2v) is 1.20. The van der Waals surface area contributed by atoms with Gasteiger partial charge in [-0.15, -0.1) is 0 Å². The molecule has 0 aromatic carbocycles. The number of thiol groups is 4. The molecule has 65 valence electrons. The first-order valence-corrected chi connectivity index (χ1v) is 3.58. The molecule has 1 radical (unpaired) electrons. The minimum absolute atomic E-state index is 0. The molecule has 0 amide bonds. The minimum atomic E-state index is 0. The fraction of sp³-hybridized carbons (Fsp3) is 0. The molecule has 0 atom stereocenters. The monoisotopic (exact) mass is 275 g/mol. The Morgan fingerprint density at radius 1 is 0.538 bits per heavy atom. The molecule has 0 saturated carbocycles. The molecule has 0 aromatic heterocycles. The van der Waals surface area contributed by atoms with Crippen molar-refractivity contribution in [2.24, 2.45) is 0 Å². The van der Waals surface area contributed by atoms with Crippen molar-refractivity contribution in [3.8, 4) is 21.6 Å². The summed E-state index contributed by atoms with van der Waals surface area (Å²) < 4.78 is 0. The Bertz CT molecular complexity index is 158. The van der Waals surface area contributed by atoms with E-state index in [0.717, 1.165) is 0 Å². The Hall–Kier alpha value is 0.996. The van der Waals surface area contributed by atoms with E-state index in [1.807, 2.05) is 0 Å². The third kappa shape index (κ3) is 1580. The molecule has 0 unspecified atom stereocenters. The summed E-state index contributed by atoms with van der Waals surface area (Å²) in [5.41, 5.74) is 0. The fourth-order valence-corrected chi connectivity index (χ4v) is 0. The van der Waals surface area contributed by atoms with Gasteiger partial charge in [0.05, 0.1) is 0 Å². The molecular formula is C4H4KN4S4. The van der Waals surface area contributed by atoms with Crippen LogP contribution in [-0.4, -0.2) is 51.4 Å². The Kier molecular flexibility index (Phi) is 168. The summed E-state index contributed by atoms with van der Waals surface area (Å²) in [4.78, 5) is 0. The first kappa shape index (κ1) is 29.2. The van der Waals surface area contributed by atoms with Gasteiger partial charge in [0.15, 0.2) is 0 Å². The van der Waals surface area contributed by atoms with Crippen LogP contribution in [0, 0.1) is 42.7 Å². The van der Waals surface area contributed by atoms with Crippen LogP contribution in [0.2, 0.25) is 0 Å². The molecule has 0 rings (SSSR count). The summed E-state index contributed by atoms with van der Waals surface area (Å²) in [5.74, 6) is 0. The second-order valence-electron chi connectivity index (χ2n) is 0.400. The molecule has 0 aliphatic heterocycles. The van der Waals surface area contributed by atoms with Crippen LogP contribution >= 0.6 is 50.5 Å². The molecule has 0 fully saturated rings. The van der Waals surface area contributed by atoms with Gasteiger partial charge in [0.2, 0.25) is 0 Å². The fourth-order valence-electron chi connectivity index (χ4n) is 0. The van der Waals surface area contributed by atoms with Crippen LogP contribution in [0.25, 0.3) is 0 Å². The van der Waals surface area contributed by atoms with E-state index in [4.69, 9.17) is 21.0 Å². The van der Waals surface area contributed by atoms with Crippen molar-refractivity contribution in [1.29, 1.82) is 21.0 Å². The quantitative estimate of drug-likeness (QED) is 0.303. The van der Waals surface area contributed by atoms with Crippen LogP contribution in [0.3, 0.4) is 0 Å². The number of nitrogens with zero attached hydrogens (tertiary/aromatic N) is 4. The van der Waals surface area contributed by atoms with E-state index in [0.29, 0.717) is 0 Å². The number of hydrogen-bond donors (Lipinski definition) is 4. The summed E-state index contributed by atoms with van der Waals surface area (Å²) in [5, 5.41) is 34.5. The number of nitriles is 4. The van der Waals surface area contributed by atoms with Gasteiger partial charge in [0.25, 0.3) is 0 Å². The van der Waals surface area contributed by atoms with Crippen molar-refractivity contribution in [3.63, 3.8) is 0 Å². The third-order valence-electron chi connectivity index (χ3n) is 0. The maximum absolute atomic E-state index is 7.18. The summed E-state index contributed by atoms with van der Waals surface area (Å²) in [6.45, 7) is 0. The van der Waals surface area contributed by atoms with Gasteiger partial charge in [-0.3, -0.25) is 0 Å². The SMILES string of the molecule is N#CS.N#CS.N#CS.N#CS.[K]. The van der Waals surface area contributed by atoms with Gasteiger partial charge in [-0.1, -0.05) is 50.5 Å². The van der Waals surface area contributed by atoms with Crippen molar-refractivity contribution < 1.29 is 0 Å². The second kappa shape index (κ2) is 74.9. The van der Waals surface area contributed by atoms with E-state index < -0.39 is 0 Å². The zero-order valence-corrected chi connectivity index (χ0v) is 13.3. The zero-order valence-electron chi connectivity index (χ0n) is 6.58. The molecule has 0 aliphatic carbocycles. The smallest absolute Gasteiger partial charge is 0.130 e. The van der Waals surface area contributed by atoms with Gasteiger partial charge in [-0.2, -0.15) is 21.0 Å². The number of thiocyanates is 4. The zero-order chi connectivity index (χ0) is 10.8. The van der Waals surface area contributed by atoms with Crippen LogP contribution in [-0.2, 0) is 0 Å². The molecule has 0 aromatic rings. The summed E-state index contributed by atoms with van der Waals surface area (Å²) in [6.07, 6.45) is 0. The van der Waals surface area contributed by atoms with Crippen LogP contribution in [0.5, 0.6) is 0 Å². The van der Waals surface area contributed by atoms with E-state index in [9.17, 15) is 0 Å². The molecule has 0 saturated heterocycles. The van der Waals surface area contributed by atoms with Gasteiger partial charge in [-0.05, 0) is 0 Å². The van der Waals surface area contributed by atoms with Gasteiger partial charge >= 0.3 is 0 Å². The van der Waals surface area contributed by atoms with Gasteiger partial charge in [-0.25, -0.2) is 0 Å². The van der Waals surface area contributed by atoms with E-state index in [2.05, 4.69) is 50.5 Å². The van der Waals surface area contributed by atoms with Crippen molar-refractivity contribution in [1.82, 2.24) is 0 Å². The van der Waals surface area contributed by atoms with E-state index in [1.165, 1.54) is 21.6 Å². The molecule has 0 heterocycles. The predicted octanol–water partition coefficient (Wildman–Crippen LogP) is 1.21. The van der Waals surface area contributed by atoms with Gasteiger partial charge in [0.1, 0.15) is 21.6 Å². The molecule has 0 spiro atoms. The standard InChI is InChI=1S/4CHNS.K/c4*2-1-3;/h4*3H;. The van der Waals surface area contributed by atoms with Gasteiger partial charge in [0, 0.05) is 51.4 Å². The van der Waals surface area contributed by atoms with Crippen LogP contribution in [0.1, 0.15) is 0 Å². The summed E-state index contributed by atoms with van der Waals surface area (Å²) >= 11 is 12.4. The molecule has 4 nitrogen and oxygen atoms in total. The largest absolute Gasteiger partial charge is 0.185 e. The topological polar surface area (TPSA) is 95.2 Å². The average Bonchev–Trinajstić information content (AvgIpc) is 1.92. The van der Waals surface area contributed by atoms with E-state index in [-0.39, 0.29) is 51.4 Å². The number of hydrogen-bond acceptors (Lipinski definition) is 8. The van der Waals surface area contributed by atoms with Gasteiger partial charge < -0.3 is 0 Å². The number of rotatable bonds is 0. The molecule has 0 aliphatic rings. The third-order valence-corrected chi connectivity index (χ3v) is 0. The van der Waals surface area contributed by atoms with Crippen molar-refractivity contribution >= 4 is 102 Å². The van der Waals surface area contributed by atoms with Crippen molar-refractivity contribution in [2.75, 3.05) is 0 Å². The van der Waals surface area contributed by atoms with E-state index in [1.54, 1.807) is 0 Å². The molecule has 0 bridgehead atoms.